The molecule has 1 saturated carbocycles. The third-order valence-corrected chi connectivity index (χ3v) is 7.29. The molecule has 7 heteroatoms. The van der Waals surface area contributed by atoms with Gasteiger partial charge in [-0.05, 0) is 56.2 Å². The molecule has 4 nitrogen and oxygen atoms in total. The predicted molar refractivity (Wildman–Crippen MR) is 103 cm³/mol. The minimum absolute atomic E-state index is 0.0991. The summed E-state index contributed by atoms with van der Waals surface area (Å²) in [6, 6.07) is 4.36. The Morgan fingerprint density at radius 3 is 2.40 bits per heavy atom. The van der Waals surface area contributed by atoms with E-state index < -0.39 is 10.0 Å². The van der Waals surface area contributed by atoms with Gasteiger partial charge in [0.15, 0.2) is 0 Å². The van der Waals surface area contributed by atoms with E-state index in [0.29, 0.717) is 10.9 Å². The van der Waals surface area contributed by atoms with E-state index in [4.69, 9.17) is 23.2 Å². The Bertz CT molecular complexity index is 758. The lowest BCUT2D eigenvalue weighted by Crippen LogP contribution is -2.41. The van der Waals surface area contributed by atoms with Crippen LogP contribution in [0.4, 0.5) is 0 Å². The highest BCUT2D eigenvalue weighted by Crippen LogP contribution is 2.35. The van der Waals surface area contributed by atoms with Crippen LogP contribution in [-0.4, -0.2) is 32.2 Å². The van der Waals surface area contributed by atoms with E-state index in [0.717, 1.165) is 51.0 Å². The van der Waals surface area contributed by atoms with E-state index in [1.807, 2.05) is 0 Å². The molecular weight excluding hydrogens is 379 g/mol. The number of piperidine rings is 1. The maximum atomic E-state index is 12.9. The number of rotatable bonds is 3. The zero-order chi connectivity index (χ0) is 18.0. The van der Waals surface area contributed by atoms with Gasteiger partial charge in [0.2, 0.25) is 0 Å². The van der Waals surface area contributed by atoms with Crippen molar-refractivity contribution in [3.8, 4) is 0 Å². The number of amidine groups is 1. The molecule has 25 heavy (non-hydrogen) atoms. The van der Waals surface area contributed by atoms with Gasteiger partial charge in [-0.15, -0.1) is 4.40 Å². The zero-order valence-electron chi connectivity index (χ0n) is 14.4. The summed E-state index contributed by atoms with van der Waals surface area (Å²) in [7, 11) is -3.81. The molecule has 3 rings (SSSR count). The van der Waals surface area contributed by atoms with Crippen LogP contribution in [0.25, 0.3) is 0 Å². The smallest absolute Gasteiger partial charge is 0.284 e. The summed E-state index contributed by atoms with van der Waals surface area (Å²) in [6.45, 7) is 3.97. The average molecular weight is 403 g/mol. The highest BCUT2D eigenvalue weighted by Gasteiger charge is 2.33. The molecule has 138 valence electrons. The second-order valence-electron chi connectivity index (χ2n) is 7.06. The summed E-state index contributed by atoms with van der Waals surface area (Å²) in [5.41, 5.74) is 0. The molecule has 2 fully saturated rings. The first kappa shape index (κ1) is 19.0. The van der Waals surface area contributed by atoms with Gasteiger partial charge in [-0.25, -0.2) is 0 Å². The Kier molecular flexibility index (Phi) is 5.96. The van der Waals surface area contributed by atoms with E-state index in [1.165, 1.54) is 24.6 Å². The molecule has 0 aromatic heterocycles. The first-order valence-electron chi connectivity index (χ1n) is 8.93. The van der Waals surface area contributed by atoms with Crippen molar-refractivity contribution in [2.24, 2.45) is 16.2 Å². The summed E-state index contributed by atoms with van der Waals surface area (Å²) >= 11 is 11.9. The second-order valence-corrected chi connectivity index (χ2v) is 9.48. The van der Waals surface area contributed by atoms with Gasteiger partial charge in [-0.2, -0.15) is 8.42 Å². The van der Waals surface area contributed by atoms with Crippen LogP contribution in [0.3, 0.4) is 0 Å². The number of halogens is 2. The van der Waals surface area contributed by atoms with Crippen molar-refractivity contribution < 1.29 is 8.42 Å². The number of likely N-dealkylation sites (tertiary alicyclic amines) is 1. The molecule has 1 aliphatic heterocycles. The molecule has 2 atom stereocenters. The van der Waals surface area contributed by atoms with Crippen molar-refractivity contribution in [1.29, 1.82) is 0 Å². The Labute approximate surface area is 160 Å². The molecule has 0 bridgehead atoms. The number of hydrogen-bond acceptors (Lipinski definition) is 2. The molecule has 2 aliphatic rings. The van der Waals surface area contributed by atoms with Gasteiger partial charge < -0.3 is 4.90 Å². The maximum absolute atomic E-state index is 12.9. The van der Waals surface area contributed by atoms with Crippen LogP contribution in [0.1, 0.15) is 45.4 Å². The highest BCUT2D eigenvalue weighted by molar-refractivity contribution is 7.90. The number of nitrogens with zero attached hydrogens (tertiary/aromatic N) is 2. The van der Waals surface area contributed by atoms with Crippen molar-refractivity contribution >= 4 is 39.1 Å². The van der Waals surface area contributed by atoms with Gasteiger partial charge in [0.05, 0.1) is 14.9 Å². The molecule has 0 spiro atoms. The monoisotopic (exact) mass is 402 g/mol. The Morgan fingerprint density at radius 1 is 1.08 bits per heavy atom. The predicted octanol–water partition coefficient (Wildman–Crippen LogP) is 5.00. The first-order valence-corrected chi connectivity index (χ1v) is 11.1. The van der Waals surface area contributed by atoms with E-state index >= 15 is 0 Å². The molecule has 1 aliphatic carbocycles. The summed E-state index contributed by atoms with van der Waals surface area (Å²) in [5.74, 6) is 1.43. The van der Waals surface area contributed by atoms with Gasteiger partial charge in [0.25, 0.3) is 10.0 Å². The quantitative estimate of drug-likeness (QED) is 0.527. The molecule has 0 radical (unpaired) electrons. The third kappa shape index (κ3) is 4.32. The SMILES string of the molecule is CC1CCCC1/C(=N/S(=O)(=O)c1ccc(Cl)c(Cl)c1)N1CCCCC1. The van der Waals surface area contributed by atoms with Crippen LogP contribution in [0.2, 0.25) is 10.0 Å². The summed E-state index contributed by atoms with van der Waals surface area (Å²) in [5, 5.41) is 0.567. The Hall–Kier alpha value is -0.780. The lowest BCUT2D eigenvalue weighted by molar-refractivity contribution is 0.317. The van der Waals surface area contributed by atoms with Crippen LogP contribution in [0, 0.1) is 11.8 Å². The van der Waals surface area contributed by atoms with Crippen LogP contribution >= 0.6 is 23.2 Å². The van der Waals surface area contributed by atoms with Gasteiger partial charge in [0.1, 0.15) is 5.84 Å². The standard InChI is InChI=1S/C18H24Cl2N2O2S/c1-13-6-5-7-15(13)18(22-10-3-2-4-11-22)21-25(23,24)14-8-9-16(19)17(20)12-14/h8-9,12-13,15H,2-7,10-11H2,1H3/b21-18-. The Balaban J connectivity index is 1.99. The highest BCUT2D eigenvalue weighted by atomic mass is 35.5. The molecule has 1 aromatic carbocycles. The number of benzene rings is 1. The molecule has 0 amide bonds. The zero-order valence-corrected chi connectivity index (χ0v) is 16.7. The fourth-order valence-electron chi connectivity index (χ4n) is 3.83. The average Bonchev–Trinajstić information content (AvgIpc) is 3.02. The van der Waals surface area contributed by atoms with Gasteiger partial charge >= 0.3 is 0 Å². The molecule has 1 saturated heterocycles. The van der Waals surface area contributed by atoms with Crippen molar-refractivity contribution in [1.82, 2.24) is 4.90 Å². The van der Waals surface area contributed by atoms with Gasteiger partial charge in [-0.3, -0.25) is 0 Å². The first-order chi connectivity index (χ1) is 11.9. The van der Waals surface area contributed by atoms with E-state index in [1.54, 1.807) is 0 Å². The van der Waals surface area contributed by atoms with E-state index in [-0.39, 0.29) is 15.8 Å². The van der Waals surface area contributed by atoms with Crippen molar-refractivity contribution in [3.05, 3.63) is 28.2 Å². The number of hydrogen-bond donors (Lipinski definition) is 0. The summed E-state index contributed by atoms with van der Waals surface area (Å²) < 4.78 is 30.1. The molecular formula is C18H24Cl2N2O2S. The minimum Gasteiger partial charge on any atom is -0.359 e. The topological polar surface area (TPSA) is 49.7 Å². The lowest BCUT2D eigenvalue weighted by atomic mass is 9.95. The van der Waals surface area contributed by atoms with E-state index in [9.17, 15) is 8.42 Å². The minimum atomic E-state index is -3.81. The van der Waals surface area contributed by atoms with Crippen molar-refractivity contribution in [2.75, 3.05) is 13.1 Å². The van der Waals surface area contributed by atoms with Crippen molar-refractivity contribution in [2.45, 2.75) is 50.3 Å². The molecule has 2 unspecified atom stereocenters. The maximum Gasteiger partial charge on any atom is 0.284 e. The van der Waals surface area contributed by atoms with Gasteiger partial charge in [0, 0.05) is 19.0 Å². The molecule has 1 aromatic rings. The van der Waals surface area contributed by atoms with Crippen LogP contribution in [0.5, 0.6) is 0 Å². The molecule has 0 N–H and O–H groups in total. The Morgan fingerprint density at radius 2 is 1.80 bits per heavy atom. The van der Waals surface area contributed by atoms with Gasteiger partial charge in [-0.1, -0.05) is 36.5 Å². The number of sulfonamides is 1. The largest absolute Gasteiger partial charge is 0.359 e. The van der Waals surface area contributed by atoms with Crippen molar-refractivity contribution in [3.63, 3.8) is 0 Å². The third-order valence-electron chi connectivity index (χ3n) is 5.28. The van der Waals surface area contributed by atoms with E-state index in [2.05, 4.69) is 16.2 Å². The fourth-order valence-corrected chi connectivity index (χ4v) is 5.30. The second kappa shape index (κ2) is 7.85. The van der Waals surface area contributed by atoms with Crippen LogP contribution in [-0.2, 0) is 10.0 Å². The summed E-state index contributed by atoms with van der Waals surface area (Å²) in [6.07, 6.45) is 6.65. The van der Waals surface area contributed by atoms with Crippen LogP contribution < -0.4 is 0 Å². The fraction of sp³-hybridized carbons (Fsp3) is 0.611. The normalized spacial score (nSPS) is 25.4. The summed E-state index contributed by atoms with van der Waals surface area (Å²) in [4.78, 5) is 2.28. The van der Waals surface area contributed by atoms with Crippen LogP contribution in [0.15, 0.2) is 27.5 Å². The lowest BCUT2D eigenvalue weighted by Gasteiger charge is -2.33. The molecule has 1 heterocycles.